The Balaban J connectivity index is 1.24. The van der Waals surface area contributed by atoms with Crippen molar-refractivity contribution in [3.63, 3.8) is 0 Å². The Hall–Kier alpha value is -1.78. The first-order chi connectivity index (χ1) is 13.8. The van der Waals surface area contributed by atoms with Crippen LogP contribution in [0.25, 0.3) is 10.9 Å². The molecule has 1 atom stereocenters. The highest BCUT2D eigenvalue weighted by Crippen LogP contribution is 2.36. The number of fused-ring (bicyclic) bond motifs is 3. The highest BCUT2D eigenvalue weighted by molar-refractivity contribution is 9.10. The van der Waals surface area contributed by atoms with Crippen molar-refractivity contribution < 1.29 is 0 Å². The Morgan fingerprint density at radius 3 is 2.68 bits per heavy atom. The van der Waals surface area contributed by atoms with E-state index in [-0.39, 0.29) is 0 Å². The molecule has 0 spiro atoms. The van der Waals surface area contributed by atoms with Gasteiger partial charge in [0.25, 0.3) is 0 Å². The maximum Gasteiger partial charge on any atom is 0.0459 e. The molecule has 0 unspecified atom stereocenters. The van der Waals surface area contributed by atoms with Gasteiger partial charge in [-0.25, -0.2) is 0 Å². The van der Waals surface area contributed by atoms with Gasteiger partial charge in [0.1, 0.15) is 0 Å². The molecule has 1 saturated heterocycles. The van der Waals surface area contributed by atoms with Gasteiger partial charge < -0.3 is 15.2 Å². The molecular weight excluding hydrogens is 410 g/mol. The van der Waals surface area contributed by atoms with Crippen LogP contribution >= 0.6 is 15.9 Å². The van der Waals surface area contributed by atoms with Crippen LogP contribution in [0.5, 0.6) is 0 Å². The highest BCUT2D eigenvalue weighted by Gasteiger charge is 2.24. The summed E-state index contributed by atoms with van der Waals surface area (Å²) >= 11 is 3.63. The van der Waals surface area contributed by atoms with Crippen molar-refractivity contribution in [1.82, 2.24) is 10.3 Å². The Morgan fingerprint density at radius 2 is 1.86 bits per heavy atom. The number of halogens is 1. The van der Waals surface area contributed by atoms with Crippen LogP contribution in [0.4, 0.5) is 5.69 Å². The second-order valence-electron chi connectivity index (χ2n) is 8.29. The number of nitrogens with zero attached hydrogens (tertiary/aromatic N) is 1. The van der Waals surface area contributed by atoms with E-state index in [1.165, 1.54) is 83.1 Å². The third-order valence-corrected chi connectivity index (χ3v) is 6.91. The van der Waals surface area contributed by atoms with Crippen LogP contribution in [-0.4, -0.2) is 24.6 Å². The fraction of sp³-hybridized carbons (Fsp3) is 0.417. The third kappa shape index (κ3) is 3.60. The van der Waals surface area contributed by atoms with Crippen molar-refractivity contribution in [3.05, 3.63) is 63.8 Å². The van der Waals surface area contributed by atoms with E-state index < -0.39 is 0 Å². The number of hydrogen-bond donors (Lipinski definition) is 2. The van der Waals surface area contributed by atoms with Gasteiger partial charge in [0, 0.05) is 58.9 Å². The first kappa shape index (κ1) is 18.3. The fourth-order valence-electron chi connectivity index (χ4n) is 4.92. The zero-order valence-electron chi connectivity index (χ0n) is 16.3. The van der Waals surface area contributed by atoms with E-state index in [1.54, 1.807) is 0 Å². The second kappa shape index (κ2) is 7.92. The molecule has 0 radical (unpaired) electrons. The standard InChI is InChI=1S/C24H28BrN3/c25-19-8-11-23-22(14-19)21-5-3-4-18(24(21)27-23)16-26-15-17-6-9-20(10-7-17)28-12-1-2-13-28/h6-11,14,18,26-27H,1-5,12-13,15-16H2/t18-/m0/s1. The summed E-state index contributed by atoms with van der Waals surface area (Å²) in [4.78, 5) is 6.21. The van der Waals surface area contributed by atoms with Gasteiger partial charge in [-0.15, -0.1) is 0 Å². The minimum Gasteiger partial charge on any atom is -0.372 e. The van der Waals surface area contributed by atoms with E-state index in [9.17, 15) is 0 Å². The lowest BCUT2D eigenvalue weighted by molar-refractivity contribution is 0.501. The number of aryl methyl sites for hydroxylation is 1. The topological polar surface area (TPSA) is 31.1 Å². The molecule has 2 aliphatic rings. The van der Waals surface area contributed by atoms with Crippen LogP contribution in [0, 0.1) is 0 Å². The van der Waals surface area contributed by atoms with Crippen molar-refractivity contribution in [2.75, 3.05) is 24.5 Å². The number of rotatable bonds is 5. The molecule has 28 heavy (non-hydrogen) atoms. The summed E-state index contributed by atoms with van der Waals surface area (Å²) in [5, 5.41) is 5.11. The predicted octanol–water partition coefficient (Wildman–Crippen LogP) is 5.74. The normalized spacial score (nSPS) is 19.3. The first-order valence-electron chi connectivity index (χ1n) is 10.6. The molecule has 3 aromatic rings. The lowest BCUT2D eigenvalue weighted by atomic mass is 9.86. The number of aromatic amines is 1. The van der Waals surface area contributed by atoms with Gasteiger partial charge in [0.05, 0.1) is 0 Å². The Kier molecular flexibility index (Phi) is 5.17. The molecule has 0 amide bonds. The lowest BCUT2D eigenvalue weighted by Gasteiger charge is -2.23. The molecule has 1 aliphatic heterocycles. The highest BCUT2D eigenvalue weighted by atomic mass is 79.9. The van der Waals surface area contributed by atoms with Gasteiger partial charge in [-0.05, 0) is 73.6 Å². The summed E-state index contributed by atoms with van der Waals surface area (Å²) in [6, 6.07) is 15.7. The molecule has 1 aliphatic carbocycles. The number of hydrogen-bond acceptors (Lipinski definition) is 2. The number of anilines is 1. The van der Waals surface area contributed by atoms with E-state index in [4.69, 9.17) is 0 Å². The van der Waals surface area contributed by atoms with Gasteiger partial charge in [-0.1, -0.05) is 28.1 Å². The molecule has 1 fully saturated rings. The summed E-state index contributed by atoms with van der Waals surface area (Å²) < 4.78 is 1.17. The monoisotopic (exact) mass is 437 g/mol. The third-order valence-electron chi connectivity index (χ3n) is 6.42. The lowest BCUT2D eigenvalue weighted by Crippen LogP contribution is -2.24. The molecular formula is C24H28BrN3. The molecule has 5 rings (SSSR count). The average molecular weight is 438 g/mol. The maximum absolute atomic E-state index is 3.71. The smallest absolute Gasteiger partial charge is 0.0459 e. The maximum atomic E-state index is 3.71. The molecule has 1 aromatic heterocycles. The van der Waals surface area contributed by atoms with Crippen molar-refractivity contribution in [2.45, 2.75) is 44.6 Å². The first-order valence-corrected chi connectivity index (χ1v) is 11.4. The molecule has 2 N–H and O–H groups in total. The average Bonchev–Trinajstić information content (AvgIpc) is 3.37. The number of benzene rings is 2. The predicted molar refractivity (Wildman–Crippen MR) is 121 cm³/mol. The Bertz CT molecular complexity index is 954. The minimum absolute atomic E-state index is 0.582. The quantitative estimate of drug-likeness (QED) is 0.532. The van der Waals surface area contributed by atoms with Crippen LogP contribution in [0.3, 0.4) is 0 Å². The number of H-pyrrole nitrogens is 1. The van der Waals surface area contributed by atoms with Gasteiger partial charge >= 0.3 is 0 Å². The van der Waals surface area contributed by atoms with Crippen molar-refractivity contribution in [3.8, 4) is 0 Å². The molecule has 3 nitrogen and oxygen atoms in total. The molecule has 2 heterocycles. The zero-order chi connectivity index (χ0) is 18.9. The Labute approximate surface area is 175 Å². The second-order valence-corrected chi connectivity index (χ2v) is 9.20. The summed E-state index contributed by atoms with van der Waals surface area (Å²) in [7, 11) is 0. The van der Waals surface area contributed by atoms with E-state index in [2.05, 4.69) is 73.6 Å². The Morgan fingerprint density at radius 1 is 1.04 bits per heavy atom. The largest absolute Gasteiger partial charge is 0.372 e. The molecule has 0 saturated carbocycles. The van der Waals surface area contributed by atoms with E-state index >= 15 is 0 Å². The minimum atomic E-state index is 0.582. The van der Waals surface area contributed by atoms with Crippen LogP contribution in [-0.2, 0) is 13.0 Å². The van der Waals surface area contributed by atoms with Crippen LogP contribution in [0.1, 0.15) is 48.4 Å². The van der Waals surface area contributed by atoms with E-state index in [1.807, 2.05) is 0 Å². The van der Waals surface area contributed by atoms with Gasteiger partial charge in [-0.3, -0.25) is 0 Å². The van der Waals surface area contributed by atoms with Gasteiger partial charge in [0.2, 0.25) is 0 Å². The van der Waals surface area contributed by atoms with Crippen molar-refractivity contribution in [1.29, 1.82) is 0 Å². The summed E-state index contributed by atoms with van der Waals surface area (Å²) in [5.74, 6) is 0.582. The number of nitrogens with one attached hydrogen (secondary N) is 2. The van der Waals surface area contributed by atoms with E-state index in [0.29, 0.717) is 5.92 Å². The van der Waals surface area contributed by atoms with Crippen molar-refractivity contribution >= 4 is 32.5 Å². The van der Waals surface area contributed by atoms with Gasteiger partial charge in [0.15, 0.2) is 0 Å². The molecule has 0 bridgehead atoms. The van der Waals surface area contributed by atoms with E-state index in [0.717, 1.165) is 13.1 Å². The summed E-state index contributed by atoms with van der Waals surface area (Å²) in [5.41, 5.74) is 7.01. The van der Waals surface area contributed by atoms with Gasteiger partial charge in [-0.2, -0.15) is 0 Å². The van der Waals surface area contributed by atoms with Crippen LogP contribution in [0.2, 0.25) is 0 Å². The van der Waals surface area contributed by atoms with Crippen LogP contribution in [0.15, 0.2) is 46.9 Å². The fourth-order valence-corrected chi connectivity index (χ4v) is 5.28. The summed E-state index contributed by atoms with van der Waals surface area (Å²) in [6.45, 7) is 4.40. The number of aromatic nitrogens is 1. The SMILES string of the molecule is Brc1ccc2[nH]c3c(c2c1)CCC[C@H]3CNCc1ccc(N2CCCC2)cc1. The van der Waals surface area contributed by atoms with Crippen molar-refractivity contribution in [2.24, 2.45) is 0 Å². The van der Waals surface area contributed by atoms with Crippen LogP contribution < -0.4 is 10.2 Å². The molecule has 146 valence electrons. The zero-order valence-corrected chi connectivity index (χ0v) is 17.9. The molecule has 2 aromatic carbocycles. The summed E-state index contributed by atoms with van der Waals surface area (Å²) in [6.07, 6.45) is 6.40. The molecule has 4 heteroatoms.